The molecule has 0 aromatic heterocycles. The highest BCUT2D eigenvalue weighted by Crippen LogP contribution is 2.21. The van der Waals surface area contributed by atoms with Crippen LogP contribution >= 0.6 is 11.6 Å². The number of carbonyl (C=O) groups excluding carboxylic acids is 1. The Morgan fingerprint density at radius 2 is 2.06 bits per heavy atom. The first-order valence-electron chi connectivity index (χ1n) is 6.03. The third-order valence-corrected chi connectivity index (χ3v) is 3.83. The van der Waals surface area contributed by atoms with E-state index in [1.807, 2.05) is 0 Å². The second-order valence-electron chi connectivity index (χ2n) is 4.82. The van der Waals surface area contributed by atoms with E-state index in [1.165, 1.54) is 0 Å². The van der Waals surface area contributed by atoms with Crippen molar-refractivity contribution in [2.45, 2.75) is 19.8 Å². The Labute approximate surface area is 107 Å². The fraction of sp³-hybridized carbons (Fsp3) is 0.462. The van der Waals surface area contributed by atoms with Gasteiger partial charge in [0.1, 0.15) is 5.56 Å². The van der Waals surface area contributed by atoms with Crippen molar-refractivity contribution in [1.29, 1.82) is 0 Å². The number of hydrogen-bond acceptors (Lipinski definition) is 2. The highest BCUT2D eigenvalue weighted by Gasteiger charge is 2.28. The van der Waals surface area contributed by atoms with Crippen LogP contribution in [0, 0.1) is 5.92 Å². The summed E-state index contributed by atoms with van der Waals surface area (Å²) in [6.07, 6.45) is 2.20. The fourth-order valence-corrected chi connectivity index (χ4v) is 2.44. The van der Waals surface area contributed by atoms with Gasteiger partial charge in [-0.1, -0.05) is 24.6 Å². The minimum absolute atomic E-state index is 0.0805. The van der Waals surface area contributed by atoms with Gasteiger partial charge in [0.05, 0.1) is 23.8 Å². The first-order valence-corrected chi connectivity index (χ1v) is 6.40. The third kappa shape index (κ3) is 2.61. The molecule has 1 heterocycles. The molecular weight excluding hydrogens is 236 g/mol. The summed E-state index contributed by atoms with van der Waals surface area (Å²) in [6.45, 7) is 4.02. The summed E-state index contributed by atoms with van der Waals surface area (Å²) in [5, 5.41) is 0.459. The van der Waals surface area contributed by atoms with Gasteiger partial charge in [0.25, 0.3) is 0 Å². The van der Waals surface area contributed by atoms with Crippen molar-refractivity contribution in [3.63, 3.8) is 0 Å². The Hall–Kier alpha value is -1.06. The second-order valence-corrected chi connectivity index (χ2v) is 5.22. The summed E-state index contributed by atoms with van der Waals surface area (Å²) in [5.41, 5.74) is 6.82. The molecule has 0 aliphatic carbocycles. The molecule has 1 fully saturated rings. The number of anilines is 1. The number of para-hydroxylation sites is 1. The molecule has 0 bridgehead atoms. The lowest BCUT2D eigenvalue weighted by atomic mass is 9.98. The van der Waals surface area contributed by atoms with Crippen molar-refractivity contribution < 1.29 is 9.69 Å². The maximum absolute atomic E-state index is 12.3. The lowest BCUT2D eigenvalue weighted by Crippen LogP contribution is -3.15. The van der Waals surface area contributed by atoms with Gasteiger partial charge in [-0.05, 0) is 30.9 Å². The second kappa shape index (κ2) is 5.07. The predicted octanol–water partition coefficient (Wildman–Crippen LogP) is 1.38. The van der Waals surface area contributed by atoms with Gasteiger partial charge < -0.3 is 5.73 Å². The van der Waals surface area contributed by atoms with Crippen molar-refractivity contribution >= 4 is 23.2 Å². The van der Waals surface area contributed by atoms with Crippen LogP contribution in [0.2, 0.25) is 5.02 Å². The van der Waals surface area contributed by atoms with Gasteiger partial charge in [0.15, 0.2) is 0 Å². The zero-order valence-corrected chi connectivity index (χ0v) is 10.8. The monoisotopic (exact) mass is 253 g/mol. The van der Waals surface area contributed by atoms with Crippen LogP contribution in [0.4, 0.5) is 5.69 Å². The minimum Gasteiger partial charge on any atom is -0.397 e. The Kier molecular flexibility index (Phi) is 3.69. The van der Waals surface area contributed by atoms with Crippen LogP contribution in [0.15, 0.2) is 18.2 Å². The van der Waals surface area contributed by atoms with Gasteiger partial charge in [0.2, 0.25) is 0 Å². The molecule has 1 aromatic carbocycles. The number of benzene rings is 1. The Bertz CT molecular complexity index is 425. The van der Waals surface area contributed by atoms with Crippen LogP contribution in [-0.2, 0) is 0 Å². The molecule has 1 amide bonds. The lowest BCUT2D eigenvalue weighted by Gasteiger charge is -2.25. The van der Waals surface area contributed by atoms with E-state index in [1.54, 1.807) is 18.2 Å². The van der Waals surface area contributed by atoms with Crippen molar-refractivity contribution in [2.75, 3.05) is 18.8 Å². The van der Waals surface area contributed by atoms with Crippen molar-refractivity contribution in [2.24, 2.45) is 5.92 Å². The van der Waals surface area contributed by atoms with Gasteiger partial charge in [0, 0.05) is 0 Å². The molecule has 1 saturated heterocycles. The molecule has 0 atom stereocenters. The van der Waals surface area contributed by atoms with E-state index in [0.29, 0.717) is 16.3 Å². The predicted molar refractivity (Wildman–Crippen MR) is 69.3 cm³/mol. The maximum Gasteiger partial charge on any atom is 0.346 e. The van der Waals surface area contributed by atoms with Crippen LogP contribution in [-0.4, -0.2) is 19.0 Å². The number of nitrogens with one attached hydrogen (secondary N) is 1. The van der Waals surface area contributed by atoms with Crippen molar-refractivity contribution in [3.05, 3.63) is 28.8 Å². The number of halogens is 1. The molecule has 3 nitrogen and oxygen atoms in total. The first kappa shape index (κ1) is 12.4. The molecule has 0 radical (unpaired) electrons. The summed E-state index contributed by atoms with van der Waals surface area (Å²) in [5.74, 6) is 0.806. The van der Waals surface area contributed by atoms with Gasteiger partial charge in [-0.15, -0.1) is 0 Å². The Morgan fingerprint density at radius 3 is 2.71 bits per heavy atom. The van der Waals surface area contributed by atoms with Crippen molar-refractivity contribution in [3.8, 4) is 0 Å². The number of nitrogens with two attached hydrogens (primary N) is 1. The number of quaternary nitrogens is 1. The smallest absolute Gasteiger partial charge is 0.346 e. The summed E-state index contributed by atoms with van der Waals surface area (Å²) in [4.78, 5) is 13.3. The number of amides is 1. The number of nitrogen functional groups attached to an aromatic ring is 1. The molecule has 1 aromatic rings. The van der Waals surface area contributed by atoms with Crippen LogP contribution in [0.1, 0.15) is 30.1 Å². The molecule has 3 N–H and O–H groups in total. The topological polar surface area (TPSA) is 47.5 Å². The zero-order valence-electron chi connectivity index (χ0n) is 10.0. The summed E-state index contributed by atoms with van der Waals surface area (Å²) in [7, 11) is 0. The summed E-state index contributed by atoms with van der Waals surface area (Å²) < 4.78 is 0. The lowest BCUT2D eigenvalue weighted by molar-refractivity contribution is -0.821. The Morgan fingerprint density at radius 1 is 1.41 bits per heavy atom. The van der Waals surface area contributed by atoms with Crippen LogP contribution in [0.5, 0.6) is 0 Å². The minimum atomic E-state index is 0.0805. The van der Waals surface area contributed by atoms with E-state index in [9.17, 15) is 4.79 Å². The molecular formula is C13H18ClN2O+. The normalized spacial score (nSPS) is 24.6. The number of carbonyl (C=O) groups is 1. The summed E-state index contributed by atoms with van der Waals surface area (Å²) in [6, 6.07) is 5.24. The molecule has 92 valence electrons. The number of piperidine rings is 1. The van der Waals surface area contributed by atoms with Gasteiger partial charge in [-0.3, -0.25) is 4.90 Å². The number of likely N-dealkylation sites (tertiary alicyclic amines) is 1. The van der Waals surface area contributed by atoms with Crippen LogP contribution < -0.4 is 10.6 Å². The average molecular weight is 254 g/mol. The van der Waals surface area contributed by atoms with E-state index in [-0.39, 0.29) is 5.91 Å². The fourth-order valence-electron chi connectivity index (χ4n) is 2.26. The standard InChI is InChI=1S/C13H17ClN2O/c1-9-5-7-16(8-6-9)13(17)10-3-2-4-11(14)12(10)15/h2-4,9H,5-8,15H2,1H3/p+1. The quantitative estimate of drug-likeness (QED) is 0.743. The zero-order chi connectivity index (χ0) is 12.4. The molecule has 2 rings (SSSR count). The molecule has 1 aliphatic rings. The van der Waals surface area contributed by atoms with Gasteiger partial charge >= 0.3 is 5.91 Å². The number of rotatable bonds is 1. The highest BCUT2D eigenvalue weighted by atomic mass is 35.5. The molecule has 0 spiro atoms. The molecule has 0 saturated carbocycles. The largest absolute Gasteiger partial charge is 0.397 e. The first-order chi connectivity index (χ1) is 8.09. The molecule has 0 unspecified atom stereocenters. The van der Waals surface area contributed by atoms with E-state index >= 15 is 0 Å². The average Bonchev–Trinajstić information content (AvgIpc) is 2.33. The summed E-state index contributed by atoms with van der Waals surface area (Å²) >= 11 is 5.93. The van der Waals surface area contributed by atoms with Gasteiger partial charge in [-0.25, -0.2) is 4.79 Å². The van der Waals surface area contributed by atoms with E-state index in [0.717, 1.165) is 36.7 Å². The molecule has 4 heteroatoms. The van der Waals surface area contributed by atoms with Gasteiger partial charge in [-0.2, -0.15) is 0 Å². The van der Waals surface area contributed by atoms with Crippen molar-refractivity contribution in [1.82, 2.24) is 0 Å². The number of hydrogen-bond donors (Lipinski definition) is 2. The highest BCUT2D eigenvalue weighted by molar-refractivity contribution is 6.33. The van der Waals surface area contributed by atoms with E-state index in [2.05, 4.69) is 6.92 Å². The third-order valence-electron chi connectivity index (χ3n) is 3.50. The maximum atomic E-state index is 12.3. The molecule has 17 heavy (non-hydrogen) atoms. The van der Waals surface area contributed by atoms with Crippen LogP contribution in [0.3, 0.4) is 0 Å². The molecule has 1 aliphatic heterocycles. The van der Waals surface area contributed by atoms with E-state index in [4.69, 9.17) is 17.3 Å². The van der Waals surface area contributed by atoms with E-state index < -0.39 is 0 Å². The Balaban J connectivity index is 2.17. The van der Waals surface area contributed by atoms with Crippen LogP contribution in [0.25, 0.3) is 0 Å². The SMILES string of the molecule is CC1CC[NH+](C(=O)c2cccc(Cl)c2N)CC1.